The van der Waals surface area contributed by atoms with E-state index in [9.17, 15) is 0 Å². The van der Waals surface area contributed by atoms with Crippen molar-refractivity contribution in [1.82, 2.24) is 10.2 Å². The fourth-order valence-corrected chi connectivity index (χ4v) is 3.11. The first-order valence-electron chi connectivity index (χ1n) is 7.32. The van der Waals surface area contributed by atoms with E-state index >= 15 is 0 Å². The van der Waals surface area contributed by atoms with Crippen molar-refractivity contribution in [3.63, 3.8) is 0 Å². The lowest BCUT2D eigenvalue weighted by Gasteiger charge is -2.34. The molecule has 19 heavy (non-hydrogen) atoms. The van der Waals surface area contributed by atoms with Gasteiger partial charge in [-0.2, -0.15) is 0 Å². The normalized spacial score (nSPS) is 18.6. The summed E-state index contributed by atoms with van der Waals surface area (Å²) in [6.45, 7) is 6.84. The van der Waals surface area contributed by atoms with Crippen molar-refractivity contribution in [2.24, 2.45) is 0 Å². The third-order valence-electron chi connectivity index (χ3n) is 4.14. The first kappa shape index (κ1) is 12.6. The van der Waals surface area contributed by atoms with Crippen molar-refractivity contribution in [3.05, 3.63) is 48.0 Å². The fourth-order valence-electron chi connectivity index (χ4n) is 3.11. The zero-order valence-corrected chi connectivity index (χ0v) is 11.6. The number of nitrogens with one attached hydrogen (secondary N) is 1. The molecule has 2 aromatic rings. The number of piperazine rings is 1. The molecule has 3 rings (SSSR count). The number of rotatable bonds is 3. The quantitative estimate of drug-likeness (QED) is 0.905. The Morgan fingerprint density at radius 3 is 2.53 bits per heavy atom. The Morgan fingerprint density at radius 1 is 1.05 bits per heavy atom. The van der Waals surface area contributed by atoms with Gasteiger partial charge in [-0.05, 0) is 28.8 Å². The van der Waals surface area contributed by atoms with Crippen LogP contribution in [0.5, 0.6) is 0 Å². The molecule has 2 heteroatoms. The van der Waals surface area contributed by atoms with Crippen LogP contribution >= 0.6 is 0 Å². The molecule has 2 nitrogen and oxygen atoms in total. The largest absolute Gasteiger partial charge is 0.314 e. The molecule has 0 unspecified atom stereocenters. The summed E-state index contributed by atoms with van der Waals surface area (Å²) in [7, 11) is 0. The predicted molar refractivity (Wildman–Crippen MR) is 81.4 cm³/mol. The van der Waals surface area contributed by atoms with Crippen LogP contribution in [0.4, 0.5) is 0 Å². The molecule has 0 aliphatic carbocycles. The Bertz CT molecular complexity index is 544. The highest BCUT2D eigenvalue weighted by Crippen LogP contribution is 2.27. The van der Waals surface area contributed by atoms with Crippen LogP contribution in [0.3, 0.4) is 0 Å². The fraction of sp³-hybridized carbons (Fsp3) is 0.412. The zero-order valence-electron chi connectivity index (χ0n) is 11.6. The molecule has 1 atom stereocenters. The number of benzene rings is 2. The summed E-state index contributed by atoms with van der Waals surface area (Å²) in [5, 5.41) is 6.12. The van der Waals surface area contributed by atoms with Crippen LogP contribution < -0.4 is 5.32 Å². The van der Waals surface area contributed by atoms with E-state index in [2.05, 4.69) is 59.6 Å². The number of hydrogen-bond donors (Lipinski definition) is 1. The first-order valence-corrected chi connectivity index (χ1v) is 7.32. The van der Waals surface area contributed by atoms with Gasteiger partial charge in [0, 0.05) is 32.2 Å². The molecule has 1 saturated heterocycles. The second-order valence-corrected chi connectivity index (χ2v) is 5.32. The minimum Gasteiger partial charge on any atom is -0.314 e. The molecule has 1 aliphatic rings. The average molecular weight is 254 g/mol. The van der Waals surface area contributed by atoms with Gasteiger partial charge in [0.15, 0.2) is 0 Å². The van der Waals surface area contributed by atoms with Gasteiger partial charge in [-0.25, -0.2) is 0 Å². The van der Waals surface area contributed by atoms with E-state index in [1.54, 1.807) is 0 Å². The maximum atomic E-state index is 3.43. The first-order chi connectivity index (χ1) is 9.38. The summed E-state index contributed by atoms with van der Waals surface area (Å²) < 4.78 is 0. The molecule has 2 aromatic carbocycles. The van der Waals surface area contributed by atoms with Gasteiger partial charge in [0.05, 0.1) is 0 Å². The van der Waals surface area contributed by atoms with Crippen LogP contribution in [-0.4, -0.2) is 31.1 Å². The molecule has 1 aliphatic heterocycles. The van der Waals surface area contributed by atoms with Crippen molar-refractivity contribution in [3.8, 4) is 0 Å². The van der Waals surface area contributed by atoms with Crippen molar-refractivity contribution < 1.29 is 0 Å². The smallest absolute Gasteiger partial charge is 0.0346 e. The molecule has 1 N–H and O–H groups in total. The molecule has 0 saturated carbocycles. The summed E-state index contributed by atoms with van der Waals surface area (Å²) in [4.78, 5) is 2.61. The molecular formula is C17H22N2. The number of hydrogen-bond acceptors (Lipinski definition) is 2. The van der Waals surface area contributed by atoms with Crippen molar-refractivity contribution in [1.29, 1.82) is 0 Å². The van der Waals surface area contributed by atoms with Gasteiger partial charge >= 0.3 is 0 Å². The van der Waals surface area contributed by atoms with E-state index in [0.29, 0.717) is 6.04 Å². The lowest BCUT2D eigenvalue weighted by molar-refractivity contribution is 0.169. The van der Waals surface area contributed by atoms with E-state index in [4.69, 9.17) is 0 Å². The molecular weight excluding hydrogens is 232 g/mol. The minimum absolute atomic E-state index is 0.562. The third-order valence-corrected chi connectivity index (χ3v) is 4.14. The van der Waals surface area contributed by atoms with E-state index < -0.39 is 0 Å². The van der Waals surface area contributed by atoms with Gasteiger partial charge in [0.2, 0.25) is 0 Å². The number of nitrogens with zero attached hydrogens (tertiary/aromatic N) is 1. The van der Waals surface area contributed by atoms with Crippen LogP contribution in [-0.2, 0) is 0 Å². The highest BCUT2D eigenvalue weighted by molar-refractivity contribution is 5.83. The molecule has 1 heterocycles. The maximum absolute atomic E-state index is 3.43. The average Bonchev–Trinajstić information content (AvgIpc) is 2.49. The maximum Gasteiger partial charge on any atom is 0.0346 e. The Balaban J connectivity index is 1.91. The number of fused-ring (bicyclic) bond motifs is 1. The summed E-state index contributed by atoms with van der Waals surface area (Å²) in [6, 6.07) is 16.1. The second-order valence-electron chi connectivity index (χ2n) is 5.32. The van der Waals surface area contributed by atoms with Crippen LogP contribution in [0.2, 0.25) is 0 Å². The van der Waals surface area contributed by atoms with Gasteiger partial charge in [-0.15, -0.1) is 0 Å². The SMILES string of the molecule is CC[C@@H](c1ccc2ccccc2c1)N1CCNCC1. The van der Waals surface area contributed by atoms with E-state index in [0.717, 1.165) is 26.2 Å². The van der Waals surface area contributed by atoms with Crippen LogP contribution in [0.1, 0.15) is 24.9 Å². The predicted octanol–water partition coefficient (Wildman–Crippen LogP) is 3.20. The highest BCUT2D eigenvalue weighted by Gasteiger charge is 2.20. The summed E-state index contributed by atoms with van der Waals surface area (Å²) in [6.07, 6.45) is 1.18. The van der Waals surface area contributed by atoms with Gasteiger partial charge in [-0.1, -0.05) is 43.3 Å². The van der Waals surface area contributed by atoms with Crippen LogP contribution in [0.15, 0.2) is 42.5 Å². The standard InChI is InChI=1S/C17H22N2/c1-2-17(19-11-9-18-10-12-19)16-8-7-14-5-3-4-6-15(14)13-16/h3-8,13,17-18H,2,9-12H2,1H3/t17-/m0/s1. The van der Waals surface area contributed by atoms with E-state index in [1.165, 1.54) is 22.8 Å². The highest BCUT2D eigenvalue weighted by atomic mass is 15.2. The van der Waals surface area contributed by atoms with Crippen molar-refractivity contribution in [2.75, 3.05) is 26.2 Å². The molecule has 0 radical (unpaired) electrons. The van der Waals surface area contributed by atoms with Crippen LogP contribution in [0, 0.1) is 0 Å². The topological polar surface area (TPSA) is 15.3 Å². The van der Waals surface area contributed by atoms with Crippen molar-refractivity contribution in [2.45, 2.75) is 19.4 Å². The van der Waals surface area contributed by atoms with Crippen LogP contribution in [0.25, 0.3) is 10.8 Å². The van der Waals surface area contributed by atoms with E-state index in [-0.39, 0.29) is 0 Å². The Kier molecular flexibility index (Phi) is 3.81. The van der Waals surface area contributed by atoms with E-state index in [1.807, 2.05) is 0 Å². The lowest BCUT2D eigenvalue weighted by atomic mass is 9.98. The lowest BCUT2D eigenvalue weighted by Crippen LogP contribution is -2.45. The molecule has 0 spiro atoms. The monoisotopic (exact) mass is 254 g/mol. The van der Waals surface area contributed by atoms with Gasteiger partial charge in [-0.3, -0.25) is 4.90 Å². The zero-order chi connectivity index (χ0) is 13.1. The van der Waals surface area contributed by atoms with Gasteiger partial charge in [0.1, 0.15) is 0 Å². The molecule has 0 amide bonds. The summed E-state index contributed by atoms with van der Waals surface area (Å²) in [5.41, 5.74) is 1.46. The Morgan fingerprint density at radius 2 is 1.79 bits per heavy atom. The minimum atomic E-state index is 0.562. The summed E-state index contributed by atoms with van der Waals surface area (Å²) in [5.74, 6) is 0. The summed E-state index contributed by atoms with van der Waals surface area (Å²) >= 11 is 0. The second kappa shape index (κ2) is 5.72. The molecule has 0 aromatic heterocycles. The third kappa shape index (κ3) is 2.65. The molecule has 100 valence electrons. The molecule has 0 bridgehead atoms. The molecule has 1 fully saturated rings. The van der Waals surface area contributed by atoms with Crippen molar-refractivity contribution >= 4 is 10.8 Å². The van der Waals surface area contributed by atoms with Gasteiger partial charge in [0.25, 0.3) is 0 Å². The Labute approximate surface area is 115 Å². The van der Waals surface area contributed by atoms with Gasteiger partial charge < -0.3 is 5.32 Å². The Hall–Kier alpha value is -1.38.